The van der Waals surface area contributed by atoms with Crippen LogP contribution in [0.2, 0.25) is 0 Å². The molecule has 0 bridgehead atoms. The van der Waals surface area contributed by atoms with Crippen LogP contribution < -0.4 is 0 Å². The van der Waals surface area contributed by atoms with E-state index in [1.54, 1.807) is 12.1 Å². The van der Waals surface area contributed by atoms with E-state index in [0.29, 0.717) is 0 Å². The number of rotatable bonds is 1. The molecule has 0 aliphatic carbocycles. The molecule has 0 aliphatic rings. The van der Waals surface area contributed by atoms with Gasteiger partial charge in [0.15, 0.2) is 0 Å². The molecule has 4 aromatic rings. The third-order valence-electron chi connectivity index (χ3n) is 3.88. The maximum atomic E-state index is 13.7. The van der Waals surface area contributed by atoms with E-state index in [1.807, 2.05) is 30.3 Å². The molecule has 0 heterocycles. The molecular formula is C20H13F. The van der Waals surface area contributed by atoms with Gasteiger partial charge in [0.1, 0.15) is 5.82 Å². The number of benzene rings is 4. The number of hydrogen-bond acceptors (Lipinski definition) is 0. The van der Waals surface area contributed by atoms with Gasteiger partial charge < -0.3 is 0 Å². The molecule has 1 heteroatoms. The Labute approximate surface area is 122 Å². The summed E-state index contributed by atoms with van der Waals surface area (Å²) in [6, 6.07) is 25.5. The van der Waals surface area contributed by atoms with Crippen molar-refractivity contribution in [3.8, 4) is 11.1 Å². The molecule has 0 spiro atoms. The Morgan fingerprint density at radius 1 is 0.571 bits per heavy atom. The lowest BCUT2D eigenvalue weighted by atomic mass is 9.92. The van der Waals surface area contributed by atoms with Crippen molar-refractivity contribution in [2.75, 3.05) is 0 Å². The van der Waals surface area contributed by atoms with Crippen LogP contribution in [0.15, 0.2) is 78.9 Å². The highest BCUT2D eigenvalue weighted by Gasteiger charge is 2.09. The van der Waals surface area contributed by atoms with E-state index in [1.165, 1.54) is 16.8 Å². The Bertz CT molecular complexity index is 900. The van der Waals surface area contributed by atoms with Crippen molar-refractivity contribution < 1.29 is 4.39 Å². The summed E-state index contributed by atoms with van der Waals surface area (Å²) < 4.78 is 13.7. The van der Waals surface area contributed by atoms with Crippen molar-refractivity contribution in [3.05, 3.63) is 84.7 Å². The predicted molar refractivity (Wildman–Crippen MR) is 86.8 cm³/mol. The summed E-state index contributed by atoms with van der Waals surface area (Å²) in [7, 11) is 0. The summed E-state index contributed by atoms with van der Waals surface area (Å²) >= 11 is 0. The third-order valence-corrected chi connectivity index (χ3v) is 3.88. The van der Waals surface area contributed by atoms with E-state index in [2.05, 4.69) is 30.3 Å². The summed E-state index contributed by atoms with van der Waals surface area (Å²) in [5.41, 5.74) is 2.02. The zero-order chi connectivity index (χ0) is 14.2. The maximum Gasteiger partial charge on any atom is 0.123 e. The van der Waals surface area contributed by atoms with Gasteiger partial charge in [0.05, 0.1) is 0 Å². The van der Waals surface area contributed by atoms with Gasteiger partial charge in [-0.3, -0.25) is 0 Å². The molecule has 0 saturated carbocycles. The van der Waals surface area contributed by atoms with E-state index >= 15 is 0 Å². The van der Waals surface area contributed by atoms with Crippen LogP contribution in [-0.4, -0.2) is 0 Å². The molecule has 0 saturated heterocycles. The lowest BCUT2D eigenvalue weighted by Gasteiger charge is -2.12. The summed E-state index contributed by atoms with van der Waals surface area (Å²) in [5.74, 6) is -0.204. The summed E-state index contributed by atoms with van der Waals surface area (Å²) in [5, 5.41) is 4.66. The molecule has 0 N–H and O–H groups in total. The monoisotopic (exact) mass is 272 g/mol. The van der Waals surface area contributed by atoms with Crippen LogP contribution >= 0.6 is 0 Å². The number of fused-ring (bicyclic) bond motifs is 2. The minimum absolute atomic E-state index is 0.204. The Kier molecular flexibility index (Phi) is 2.71. The van der Waals surface area contributed by atoms with Gasteiger partial charge in [0.2, 0.25) is 0 Å². The number of hydrogen-bond donors (Lipinski definition) is 0. The minimum atomic E-state index is -0.204. The molecular weight excluding hydrogens is 259 g/mol. The lowest BCUT2D eigenvalue weighted by molar-refractivity contribution is 0.628. The average molecular weight is 272 g/mol. The van der Waals surface area contributed by atoms with Crippen molar-refractivity contribution in [3.63, 3.8) is 0 Å². The van der Waals surface area contributed by atoms with Gasteiger partial charge in [-0.15, -0.1) is 0 Å². The first-order chi connectivity index (χ1) is 10.3. The number of halogens is 1. The van der Waals surface area contributed by atoms with Gasteiger partial charge in [-0.25, -0.2) is 4.39 Å². The fourth-order valence-corrected chi connectivity index (χ4v) is 2.97. The summed E-state index contributed by atoms with van der Waals surface area (Å²) in [6.45, 7) is 0. The molecule has 0 fully saturated rings. The quantitative estimate of drug-likeness (QED) is 0.384. The van der Waals surface area contributed by atoms with Gasteiger partial charge in [-0.1, -0.05) is 60.7 Å². The first-order valence-electron chi connectivity index (χ1n) is 6.99. The zero-order valence-corrected chi connectivity index (χ0v) is 11.4. The van der Waals surface area contributed by atoms with Crippen LogP contribution in [0.1, 0.15) is 0 Å². The van der Waals surface area contributed by atoms with E-state index in [0.717, 1.165) is 21.9 Å². The van der Waals surface area contributed by atoms with Crippen molar-refractivity contribution >= 4 is 21.5 Å². The van der Waals surface area contributed by atoms with Crippen LogP contribution in [0.5, 0.6) is 0 Å². The summed E-state index contributed by atoms with van der Waals surface area (Å²) in [6.07, 6.45) is 0. The third kappa shape index (κ3) is 1.98. The van der Waals surface area contributed by atoms with E-state index < -0.39 is 0 Å². The molecule has 0 nitrogen and oxygen atoms in total. The molecule has 100 valence electrons. The standard InChI is InChI=1S/C20H13F/c21-17-9-5-8-16(13-17)20-18-10-3-1-6-14(18)12-15-7-2-4-11-19(15)20/h1-13H. The lowest BCUT2D eigenvalue weighted by Crippen LogP contribution is -1.86. The Balaban J connectivity index is 2.21. The van der Waals surface area contributed by atoms with Crippen LogP contribution in [0, 0.1) is 5.82 Å². The smallest absolute Gasteiger partial charge is 0.123 e. The van der Waals surface area contributed by atoms with Gasteiger partial charge in [0, 0.05) is 0 Å². The van der Waals surface area contributed by atoms with Crippen molar-refractivity contribution in [1.29, 1.82) is 0 Å². The molecule has 0 amide bonds. The molecule has 0 aromatic heterocycles. The molecule has 0 radical (unpaired) electrons. The zero-order valence-electron chi connectivity index (χ0n) is 11.4. The fraction of sp³-hybridized carbons (Fsp3) is 0. The molecule has 4 rings (SSSR count). The second kappa shape index (κ2) is 4.71. The van der Waals surface area contributed by atoms with E-state index in [9.17, 15) is 4.39 Å². The van der Waals surface area contributed by atoms with E-state index in [-0.39, 0.29) is 5.82 Å². The fourth-order valence-electron chi connectivity index (χ4n) is 2.97. The van der Waals surface area contributed by atoms with Crippen molar-refractivity contribution in [1.82, 2.24) is 0 Å². The second-order valence-electron chi connectivity index (χ2n) is 5.20. The second-order valence-corrected chi connectivity index (χ2v) is 5.20. The van der Waals surface area contributed by atoms with Crippen LogP contribution in [-0.2, 0) is 0 Å². The Hall–Kier alpha value is -2.67. The van der Waals surface area contributed by atoms with Gasteiger partial charge in [0.25, 0.3) is 0 Å². The first-order valence-corrected chi connectivity index (χ1v) is 6.99. The first kappa shape index (κ1) is 12.1. The van der Waals surface area contributed by atoms with Crippen LogP contribution in [0.3, 0.4) is 0 Å². The van der Waals surface area contributed by atoms with Gasteiger partial charge in [-0.2, -0.15) is 0 Å². The van der Waals surface area contributed by atoms with Gasteiger partial charge in [-0.05, 0) is 50.9 Å². The van der Waals surface area contributed by atoms with Crippen molar-refractivity contribution in [2.24, 2.45) is 0 Å². The maximum absolute atomic E-state index is 13.7. The van der Waals surface area contributed by atoms with Crippen LogP contribution in [0.4, 0.5) is 4.39 Å². The molecule has 4 aromatic carbocycles. The molecule has 21 heavy (non-hydrogen) atoms. The molecule has 0 atom stereocenters. The normalized spacial score (nSPS) is 11.1. The summed E-state index contributed by atoms with van der Waals surface area (Å²) in [4.78, 5) is 0. The molecule has 0 unspecified atom stereocenters. The van der Waals surface area contributed by atoms with Crippen molar-refractivity contribution in [2.45, 2.75) is 0 Å². The minimum Gasteiger partial charge on any atom is -0.207 e. The van der Waals surface area contributed by atoms with Gasteiger partial charge >= 0.3 is 0 Å². The largest absolute Gasteiger partial charge is 0.207 e. The highest BCUT2D eigenvalue weighted by Crippen LogP contribution is 2.36. The Morgan fingerprint density at radius 2 is 1.19 bits per heavy atom. The Morgan fingerprint density at radius 3 is 1.81 bits per heavy atom. The highest BCUT2D eigenvalue weighted by molar-refractivity contribution is 6.12. The highest BCUT2D eigenvalue weighted by atomic mass is 19.1. The SMILES string of the molecule is Fc1cccc(-c2c3ccccc3cc3ccccc23)c1. The average Bonchev–Trinajstić information content (AvgIpc) is 2.52. The van der Waals surface area contributed by atoms with Crippen LogP contribution in [0.25, 0.3) is 32.7 Å². The van der Waals surface area contributed by atoms with E-state index in [4.69, 9.17) is 0 Å². The predicted octanol–water partition coefficient (Wildman–Crippen LogP) is 5.80. The molecule has 0 aliphatic heterocycles. The topological polar surface area (TPSA) is 0 Å².